The van der Waals surface area contributed by atoms with Crippen LogP contribution in [0.4, 0.5) is 4.79 Å². The van der Waals surface area contributed by atoms with E-state index in [0.717, 1.165) is 5.56 Å². The molecule has 0 atom stereocenters. The van der Waals surface area contributed by atoms with Gasteiger partial charge < -0.3 is 10.1 Å². The van der Waals surface area contributed by atoms with Crippen molar-refractivity contribution in [2.75, 3.05) is 0 Å². The minimum atomic E-state index is -0.539. The van der Waals surface area contributed by atoms with Crippen molar-refractivity contribution < 1.29 is 14.3 Å². The standard InChI is InChI=1S/C13H12N2O3/c16-12-6-8-15(9-7-14-12)13(17)18-10-11-4-2-1-3-5-11/h1-9H,10H2,(H,14,16). The van der Waals surface area contributed by atoms with Gasteiger partial charge in [0.2, 0.25) is 5.91 Å². The first kappa shape index (κ1) is 11.9. The van der Waals surface area contributed by atoms with Crippen LogP contribution >= 0.6 is 0 Å². The van der Waals surface area contributed by atoms with Crippen LogP contribution in [-0.4, -0.2) is 16.9 Å². The molecule has 0 aliphatic carbocycles. The van der Waals surface area contributed by atoms with Gasteiger partial charge in [-0.2, -0.15) is 0 Å². The molecule has 0 bridgehead atoms. The molecule has 0 aromatic heterocycles. The lowest BCUT2D eigenvalue weighted by atomic mass is 10.2. The predicted molar refractivity (Wildman–Crippen MR) is 64.9 cm³/mol. The molecule has 5 heteroatoms. The summed E-state index contributed by atoms with van der Waals surface area (Å²) >= 11 is 0. The van der Waals surface area contributed by atoms with Crippen LogP contribution in [0.3, 0.4) is 0 Å². The maximum absolute atomic E-state index is 11.7. The van der Waals surface area contributed by atoms with Gasteiger partial charge in [-0.1, -0.05) is 30.3 Å². The van der Waals surface area contributed by atoms with Gasteiger partial charge in [0.25, 0.3) is 0 Å². The normalized spacial score (nSPS) is 14.0. The number of hydrogen-bond acceptors (Lipinski definition) is 3. The third-order valence-electron chi connectivity index (χ3n) is 2.26. The van der Waals surface area contributed by atoms with Crippen LogP contribution in [-0.2, 0) is 16.1 Å². The molecule has 0 spiro atoms. The number of rotatable bonds is 2. The van der Waals surface area contributed by atoms with E-state index < -0.39 is 6.09 Å². The van der Waals surface area contributed by atoms with Crippen LogP contribution in [0.25, 0.3) is 0 Å². The minimum Gasteiger partial charge on any atom is -0.444 e. The molecule has 1 aromatic rings. The summed E-state index contributed by atoms with van der Waals surface area (Å²) in [5, 5.41) is 2.45. The summed E-state index contributed by atoms with van der Waals surface area (Å²) < 4.78 is 5.10. The SMILES string of the molecule is O=C1C=CN(C(=O)OCc2ccccc2)C=CN1. The maximum Gasteiger partial charge on any atom is 0.418 e. The predicted octanol–water partition coefficient (Wildman–Crippen LogP) is 1.74. The van der Waals surface area contributed by atoms with Crippen LogP contribution in [0.2, 0.25) is 0 Å². The van der Waals surface area contributed by atoms with Crippen LogP contribution in [0, 0.1) is 0 Å². The van der Waals surface area contributed by atoms with E-state index >= 15 is 0 Å². The van der Waals surface area contributed by atoms with Crippen molar-refractivity contribution in [1.29, 1.82) is 0 Å². The molecule has 1 aliphatic rings. The average molecular weight is 244 g/mol. The molecule has 0 saturated heterocycles. The van der Waals surface area contributed by atoms with Gasteiger partial charge in [0.15, 0.2) is 0 Å². The Balaban J connectivity index is 1.92. The Hall–Kier alpha value is -2.56. The molecule has 1 heterocycles. The average Bonchev–Trinajstić information content (AvgIpc) is 2.62. The summed E-state index contributed by atoms with van der Waals surface area (Å²) in [4.78, 5) is 23.9. The van der Waals surface area contributed by atoms with E-state index in [-0.39, 0.29) is 12.5 Å². The highest BCUT2D eigenvalue weighted by Gasteiger charge is 2.11. The van der Waals surface area contributed by atoms with E-state index in [1.54, 1.807) is 0 Å². The monoisotopic (exact) mass is 244 g/mol. The van der Waals surface area contributed by atoms with Crippen molar-refractivity contribution in [3.8, 4) is 0 Å². The lowest BCUT2D eigenvalue weighted by Gasteiger charge is -2.12. The molecule has 18 heavy (non-hydrogen) atoms. The Labute approximate surface area is 104 Å². The molecule has 2 amide bonds. The molecule has 92 valence electrons. The summed E-state index contributed by atoms with van der Waals surface area (Å²) in [5.41, 5.74) is 0.905. The van der Waals surface area contributed by atoms with Gasteiger partial charge in [-0.15, -0.1) is 0 Å². The number of hydrogen-bond donors (Lipinski definition) is 1. The molecular formula is C13H12N2O3. The van der Waals surface area contributed by atoms with Crippen molar-refractivity contribution >= 4 is 12.0 Å². The number of carbonyl (C=O) groups excluding carboxylic acids is 2. The van der Waals surface area contributed by atoms with Crippen molar-refractivity contribution in [2.24, 2.45) is 0 Å². The topological polar surface area (TPSA) is 58.6 Å². The first-order chi connectivity index (χ1) is 8.75. The number of carbonyl (C=O) groups is 2. The van der Waals surface area contributed by atoms with Gasteiger partial charge >= 0.3 is 6.09 Å². The largest absolute Gasteiger partial charge is 0.444 e. The molecule has 1 aromatic carbocycles. The lowest BCUT2D eigenvalue weighted by molar-refractivity contribution is -0.115. The summed E-state index contributed by atoms with van der Waals surface area (Å²) in [7, 11) is 0. The quantitative estimate of drug-likeness (QED) is 0.862. The first-order valence-corrected chi connectivity index (χ1v) is 5.40. The Bertz CT molecular complexity index is 494. The van der Waals surface area contributed by atoms with E-state index in [2.05, 4.69) is 5.32 Å². The molecule has 2 rings (SSSR count). The van der Waals surface area contributed by atoms with E-state index in [9.17, 15) is 9.59 Å². The highest BCUT2D eigenvalue weighted by Crippen LogP contribution is 2.05. The van der Waals surface area contributed by atoms with Crippen molar-refractivity contribution in [3.63, 3.8) is 0 Å². The number of amides is 2. The van der Waals surface area contributed by atoms with Crippen LogP contribution in [0.15, 0.2) is 55.0 Å². The number of benzene rings is 1. The molecule has 0 fully saturated rings. The summed E-state index contributed by atoms with van der Waals surface area (Å²) in [5.74, 6) is -0.287. The van der Waals surface area contributed by atoms with Crippen molar-refractivity contribution in [1.82, 2.24) is 10.2 Å². The third-order valence-corrected chi connectivity index (χ3v) is 2.26. The van der Waals surface area contributed by atoms with E-state index in [4.69, 9.17) is 4.74 Å². The zero-order chi connectivity index (χ0) is 12.8. The van der Waals surface area contributed by atoms with E-state index in [1.165, 1.54) is 29.6 Å². The Morgan fingerprint density at radius 2 is 2.00 bits per heavy atom. The second-order valence-corrected chi connectivity index (χ2v) is 3.59. The third kappa shape index (κ3) is 3.21. The number of nitrogens with one attached hydrogen (secondary N) is 1. The van der Waals surface area contributed by atoms with Gasteiger partial charge in [-0.3, -0.25) is 9.69 Å². The Morgan fingerprint density at radius 1 is 1.22 bits per heavy atom. The molecular weight excluding hydrogens is 232 g/mol. The smallest absolute Gasteiger partial charge is 0.418 e. The number of nitrogens with zero attached hydrogens (tertiary/aromatic N) is 1. The lowest BCUT2D eigenvalue weighted by Crippen LogP contribution is -2.20. The van der Waals surface area contributed by atoms with Crippen LogP contribution in [0.5, 0.6) is 0 Å². The molecule has 1 N–H and O–H groups in total. The molecule has 5 nitrogen and oxygen atoms in total. The van der Waals surface area contributed by atoms with Crippen LogP contribution in [0.1, 0.15) is 5.56 Å². The number of ether oxygens (including phenoxy) is 1. The van der Waals surface area contributed by atoms with Gasteiger partial charge in [-0.05, 0) is 5.56 Å². The second kappa shape index (κ2) is 5.67. The van der Waals surface area contributed by atoms with Crippen molar-refractivity contribution in [3.05, 3.63) is 60.6 Å². The van der Waals surface area contributed by atoms with Gasteiger partial charge in [0, 0.05) is 24.7 Å². The zero-order valence-electron chi connectivity index (χ0n) is 9.58. The first-order valence-electron chi connectivity index (χ1n) is 5.40. The minimum absolute atomic E-state index is 0.194. The fraction of sp³-hybridized carbons (Fsp3) is 0.0769. The highest BCUT2D eigenvalue weighted by molar-refractivity contribution is 5.89. The van der Waals surface area contributed by atoms with Crippen LogP contribution < -0.4 is 5.32 Å². The van der Waals surface area contributed by atoms with E-state index in [1.807, 2.05) is 30.3 Å². The summed E-state index contributed by atoms with van der Waals surface area (Å²) in [6.07, 6.45) is 4.87. The van der Waals surface area contributed by atoms with Crippen molar-refractivity contribution in [2.45, 2.75) is 6.61 Å². The Morgan fingerprint density at radius 3 is 2.78 bits per heavy atom. The molecule has 1 aliphatic heterocycles. The zero-order valence-corrected chi connectivity index (χ0v) is 9.58. The summed E-state index contributed by atoms with van der Waals surface area (Å²) in [6, 6.07) is 9.37. The second-order valence-electron chi connectivity index (χ2n) is 3.59. The fourth-order valence-electron chi connectivity index (χ4n) is 1.36. The maximum atomic E-state index is 11.7. The Kier molecular flexibility index (Phi) is 3.76. The highest BCUT2D eigenvalue weighted by atomic mass is 16.6. The van der Waals surface area contributed by atoms with E-state index in [0.29, 0.717) is 0 Å². The summed E-state index contributed by atoms with van der Waals surface area (Å²) in [6.45, 7) is 0.194. The molecule has 0 radical (unpaired) electrons. The fourth-order valence-corrected chi connectivity index (χ4v) is 1.36. The van der Waals surface area contributed by atoms with Gasteiger partial charge in [-0.25, -0.2) is 4.79 Å². The molecule has 0 unspecified atom stereocenters. The van der Waals surface area contributed by atoms with Gasteiger partial charge in [0.1, 0.15) is 6.61 Å². The van der Waals surface area contributed by atoms with Gasteiger partial charge in [0.05, 0.1) is 0 Å². The molecule has 0 saturated carbocycles.